The van der Waals surface area contributed by atoms with Crippen LogP contribution in [0.4, 0.5) is 0 Å². The maximum atomic E-state index is 6.00. The van der Waals surface area contributed by atoms with Gasteiger partial charge in [0, 0.05) is 18.6 Å². The second-order valence-electron chi connectivity index (χ2n) is 7.05. The van der Waals surface area contributed by atoms with E-state index < -0.39 is 15.9 Å². The Morgan fingerprint density at radius 2 is 1.60 bits per heavy atom. The van der Waals surface area contributed by atoms with E-state index in [1.807, 2.05) is 65.5 Å². The number of para-hydroxylation sites is 3. The Labute approximate surface area is 183 Å². The minimum atomic E-state index is -0.638. The number of fused-ring (bicyclic) bond motifs is 5. The molecule has 2 aromatic carbocycles. The zero-order valence-electron chi connectivity index (χ0n) is 16.9. The Balaban J connectivity index is 0.000000313. The summed E-state index contributed by atoms with van der Waals surface area (Å²) in [6.45, 7) is 2.24. The molecule has 4 aromatic rings. The zero-order chi connectivity index (χ0) is 20.6. The number of hydrogen-bond acceptors (Lipinski definition) is 4. The first-order valence-electron chi connectivity index (χ1n) is 10.0. The van der Waals surface area contributed by atoms with Gasteiger partial charge in [-0.15, -0.1) is 0 Å². The second kappa shape index (κ2) is 10.1. The number of aromatic nitrogens is 3. The Bertz CT molecular complexity index is 1040. The third kappa shape index (κ3) is 5.10. The van der Waals surface area contributed by atoms with Gasteiger partial charge in [0.2, 0.25) is 0 Å². The van der Waals surface area contributed by atoms with Crippen LogP contribution in [0.3, 0.4) is 0 Å². The van der Waals surface area contributed by atoms with Crippen LogP contribution in [0.1, 0.15) is 30.5 Å². The zero-order valence-corrected chi connectivity index (χ0v) is 18.0. The normalized spacial score (nSPS) is 15.0. The quantitative estimate of drug-likeness (QED) is 0.382. The molecular formula is C24H23AlN3O2. The van der Waals surface area contributed by atoms with Crippen molar-refractivity contribution in [3.8, 4) is 17.2 Å². The van der Waals surface area contributed by atoms with Gasteiger partial charge >= 0.3 is 15.9 Å². The van der Waals surface area contributed by atoms with Crippen LogP contribution in [0.25, 0.3) is 5.69 Å². The average molecular weight is 412 g/mol. The summed E-state index contributed by atoms with van der Waals surface area (Å²) in [6.07, 6.45) is 7.48. The number of pyridine rings is 1. The largest absolute Gasteiger partial charge is 0.881 e. The Hall–Kier alpha value is -3.07. The van der Waals surface area contributed by atoms with Gasteiger partial charge in [0.25, 0.3) is 0 Å². The van der Waals surface area contributed by atoms with Crippen molar-refractivity contribution in [1.29, 1.82) is 0 Å². The van der Waals surface area contributed by atoms with Crippen molar-refractivity contribution in [2.24, 2.45) is 0 Å². The van der Waals surface area contributed by atoms with Crippen molar-refractivity contribution in [3.05, 3.63) is 103 Å². The van der Waals surface area contributed by atoms with E-state index >= 15 is 0 Å². The lowest BCUT2D eigenvalue weighted by atomic mass is 9.95. The van der Waals surface area contributed by atoms with E-state index in [1.54, 1.807) is 12.4 Å². The topological polar surface area (TPSA) is 49.2 Å². The molecular weight excluding hydrogens is 389 g/mol. The molecule has 1 radical (unpaired) electrons. The molecule has 1 unspecified atom stereocenters. The summed E-state index contributed by atoms with van der Waals surface area (Å²) < 4.78 is 13.8. The molecule has 0 fully saturated rings. The van der Waals surface area contributed by atoms with Crippen LogP contribution in [0, 0.1) is 0 Å². The predicted molar refractivity (Wildman–Crippen MR) is 118 cm³/mol. The number of rotatable bonds is 0. The number of nitrogens with zero attached hydrogens (tertiary/aromatic N) is 3. The van der Waals surface area contributed by atoms with Crippen molar-refractivity contribution < 1.29 is 7.58 Å². The SMILES string of the molecule is CC1CCc2ccn(n2)-c2ccccc2[O][Al][O]c2ccccc21.c1ccncc1. The molecule has 0 N–H and O–H groups in total. The fourth-order valence-corrected chi connectivity index (χ4v) is 4.00. The molecule has 2 bridgehead atoms. The molecule has 5 nitrogen and oxygen atoms in total. The maximum absolute atomic E-state index is 6.00. The van der Waals surface area contributed by atoms with Gasteiger partial charge in [-0.05, 0) is 60.7 Å². The molecule has 5 rings (SSSR count). The Morgan fingerprint density at radius 3 is 2.37 bits per heavy atom. The smallest absolute Gasteiger partial charge is 0.616 e. The lowest BCUT2D eigenvalue weighted by molar-refractivity contribution is 0.451. The summed E-state index contributed by atoms with van der Waals surface area (Å²) in [5.74, 6) is 2.14. The van der Waals surface area contributed by atoms with Gasteiger partial charge in [0.15, 0.2) is 0 Å². The number of hydrogen-bond donors (Lipinski definition) is 0. The van der Waals surface area contributed by atoms with Crippen molar-refractivity contribution in [1.82, 2.24) is 14.8 Å². The van der Waals surface area contributed by atoms with E-state index in [0.29, 0.717) is 5.92 Å². The molecule has 1 aliphatic heterocycles. The molecule has 0 spiro atoms. The molecule has 6 heteroatoms. The van der Waals surface area contributed by atoms with Gasteiger partial charge < -0.3 is 7.58 Å². The molecule has 0 amide bonds. The van der Waals surface area contributed by atoms with Crippen LogP contribution in [-0.4, -0.2) is 30.7 Å². The lowest BCUT2D eigenvalue weighted by Gasteiger charge is -2.17. The van der Waals surface area contributed by atoms with Gasteiger partial charge in [-0.2, -0.15) is 5.10 Å². The fraction of sp³-hybridized carbons (Fsp3) is 0.167. The standard InChI is InChI=1S/C19H20N2O2.C5H5N.Al/c1-14(16-6-2-4-8-18(16)22)10-11-15-12-13-21(20-15)17-7-3-5-9-19(17)23;1-2-4-6-5-3-1;/h2-9,12-14,22-23H,10-11H2,1H3;1-5H;/q;;+2/p-2. The monoisotopic (exact) mass is 412 g/mol. The highest BCUT2D eigenvalue weighted by molar-refractivity contribution is 6.21. The van der Waals surface area contributed by atoms with E-state index in [4.69, 9.17) is 12.7 Å². The van der Waals surface area contributed by atoms with Crippen LogP contribution < -0.4 is 7.58 Å². The highest BCUT2D eigenvalue weighted by Gasteiger charge is 2.17. The predicted octanol–water partition coefficient (Wildman–Crippen LogP) is 5.00. The maximum Gasteiger partial charge on any atom is 0.881 e. The first-order chi connectivity index (χ1) is 14.8. The van der Waals surface area contributed by atoms with E-state index in [-0.39, 0.29) is 0 Å². The third-order valence-corrected chi connectivity index (χ3v) is 5.66. The van der Waals surface area contributed by atoms with Crippen LogP contribution in [0.5, 0.6) is 11.5 Å². The van der Waals surface area contributed by atoms with E-state index in [0.717, 1.165) is 35.7 Å². The molecule has 30 heavy (non-hydrogen) atoms. The highest BCUT2D eigenvalue weighted by atomic mass is 27.2. The van der Waals surface area contributed by atoms with E-state index in [9.17, 15) is 0 Å². The summed E-state index contributed by atoms with van der Waals surface area (Å²) in [4.78, 5) is 3.78. The van der Waals surface area contributed by atoms with Gasteiger partial charge in [-0.1, -0.05) is 43.3 Å². The lowest BCUT2D eigenvalue weighted by Crippen LogP contribution is -2.14. The molecule has 149 valence electrons. The molecule has 0 aliphatic carbocycles. The van der Waals surface area contributed by atoms with Crippen LogP contribution in [0.2, 0.25) is 0 Å². The number of aryl methyl sites for hydroxylation is 1. The molecule has 0 saturated carbocycles. The first-order valence-corrected chi connectivity index (χ1v) is 11.0. The van der Waals surface area contributed by atoms with E-state index in [1.165, 1.54) is 5.56 Å². The summed E-state index contributed by atoms with van der Waals surface area (Å²) in [5, 5.41) is 4.71. The van der Waals surface area contributed by atoms with Crippen LogP contribution in [-0.2, 0) is 6.42 Å². The van der Waals surface area contributed by atoms with Crippen LogP contribution >= 0.6 is 0 Å². The van der Waals surface area contributed by atoms with Gasteiger partial charge in [0.05, 0.1) is 11.4 Å². The van der Waals surface area contributed by atoms with Gasteiger partial charge in [-0.25, -0.2) is 4.68 Å². The van der Waals surface area contributed by atoms with Crippen molar-refractivity contribution in [3.63, 3.8) is 0 Å². The fourth-order valence-electron chi connectivity index (χ4n) is 3.33. The summed E-state index contributed by atoms with van der Waals surface area (Å²) in [5.41, 5.74) is 3.28. The molecule has 2 aromatic heterocycles. The van der Waals surface area contributed by atoms with Crippen molar-refractivity contribution >= 4 is 15.9 Å². The van der Waals surface area contributed by atoms with Crippen LogP contribution in [0.15, 0.2) is 91.4 Å². The second-order valence-corrected chi connectivity index (χ2v) is 7.72. The Morgan fingerprint density at radius 1 is 0.867 bits per heavy atom. The average Bonchev–Trinajstić information content (AvgIpc) is 3.28. The molecule has 3 heterocycles. The number of benzene rings is 2. The Kier molecular flexibility index (Phi) is 6.81. The molecule has 1 atom stereocenters. The summed E-state index contributed by atoms with van der Waals surface area (Å²) >= 11 is -0.638. The van der Waals surface area contributed by atoms with Crippen molar-refractivity contribution in [2.45, 2.75) is 25.7 Å². The summed E-state index contributed by atoms with van der Waals surface area (Å²) in [7, 11) is 0. The van der Waals surface area contributed by atoms with Gasteiger partial charge in [-0.3, -0.25) is 4.98 Å². The highest BCUT2D eigenvalue weighted by Crippen LogP contribution is 2.30. The van der Waals surface area contributed by atoms with Gasteiger partial charge in [0.1, 0.15) is 11.4 Å². The summed E-state index contributed by atoms with van der Waals surface area (Å²) in [6, 6.07) is 24.0. The van der Waals surface area contributed by atoms with E-state index in [2.05, 4.69) is 30.1 Å². The minimum absolute atomic E-state index is 0.411. The van der Waals surface area contributed by atoms with Crippen molar-refractivity contribution in [2.75, 3.05) is 0 Å². The third-order valence-electron chi connectivity index (χ3n) is 4.96. The molecule has 0 saturated heterocycles. The molecule has 1 aliphatic rings. The first kappa shape index (κ1) is 20.2. The minimum Gasteiger partial charge on any atom is -0.616 e.